The smallest absolute Gasteiger partial charge is 0.335 e. The van der Waals surface area contributed by atoms with Gasteiger partial charge in [-0.1, -0.05) is 12.1 Å². The van der Waals surface area contributed by atoms with Crippen molar-refractivity contribution in [1.82, 2.24) is 4.90 Å². The molecule has 0 aliphatic heterocycles. The lowest BCUT2D eigenvalue weighted by Crippen LogP contribution is -2.30. The van der Waals surface area contributed by atoms with Crippen molar-refractivity contribution in [3.63, 3.8) is 0 Å². The molecule has 29 heavy (non-hydrogen) atoms. The molecule has 2 rings (SSSR count). The minimum Gasteiger partial charge on any atom is -0.335 e. The fourth-order valence-electron chi connectivity index (χ4n) is 2.46. The molecule has 2 aromatic rings. The van der Waals surface area contributed by atoms with Crippen molar-refractivity contribution in [2.24, 2.45) is 5.14 Å². The van der Waals surface area contributed by atoms with E-state index in [-0.39, 0.29) is 10.5 Å². The number of rotatable bonds is 5. The minimum atomic E-state index is -5.51. The Kier molecular flexibility index (Phi) is 6.12. The number of primary sulfonamides is 1. The molecule has 0 aliphatic rings. The molecule has 2 aromatic carbocycles. The number of hydrogen-bond donors (Lipinski definition) is 1. The predicted molar refractivity (Wildman–Crippen MR) is 98.0 cm³/mol. The average molecular weight is 450 g/mol. The Morgan fingerprint density at radius 3 is 2.03 bits per heavy atom. The summed E-state index contributed by atoms with van der Waals surface area (Å²) in [5.74, 6) is -0.602. The predicted octanol–water partition coefficient (Wildman–Crippen LogP) is 2.46. The van der Waals surface area contributed by atoms with Crippen LogP contribution in [-0.2, 0) is 19.9 Å². The summed E-state index contributed by atoms with van der Waals surface area (Å²) in [6, 6.07) is 8.41. The number of halogens is 3. The topological polar surface area (TPSA) is 115 Å². The van der Waals surface area contributed by atoms with Gasteiger partial charge in [0.1, 0.15) is 0 Å². The van der Waals surface area contributed by atoms with Gasteiger partial charge in [0.05, 0.1) is 15.8 Å². The molecule has 0 saturated heterocycles. The number of hydrogen-bond acceptors (Lipinski definition) is 5. The number of nitrogens with two attached hydrogens (primary N) is 1. The van der Waals surface area contributed by atoms with Gasteiger partial charge in [0, 0.05) is 12.6 Å². The summed E-state index contributed by atoms with van der Waals surface area (Å²) in [5.41, 5.74) is -5.02. The molecule has 0 bridgehead atoms. The average Bonchev–Trinajstić information content (AvgIpc) is 2.65. The van der Waals surface area contributed by atoms with E-state index >= 15 is 0 Å². The molecule has 158 valence electrons. The van der Waals surface area contributed by atoms with Gasteiger partial charge in [0.15, 0.2) is 0 Å². The Bertz CT molecular complexity index is 1130. The fourth-order valence-corrected chi connectivity index (χ4v) is 3.80. The number of carbonyl (C=O) groups excluding carboxylic acids is 1. The second-order valence-electron chi connectivity index (χ2n) is 6.18. The maximum absolute atomic E-state index is 12.6. The van der Waals surface area contributed by atoms with Crippen molar-refractivity contribution < 1.29 is 34.8 Å². The number of sulfone groups is 1. The van der Waals surface area contributed by atoms with Gasteiger partial charge in [0.2, 0.25) is 10.0 Å². The monoisotopic (exact) mass is 450 g/mol. The first kappa shape index (κ1) is 22.8. The van der Waals surface area contributed by atoms with Gasteiger partial charge in [-0.15, -0.1) is 0 Å². The Hall–Kier alpha value is -2.44. The number of amides is 1. The Labute approximate surface area is 165 Å². The first-order valence-electron chi connectivity index (χ1n) is 7.97. The van der Waals surface area contributed by atoms with Gasteiger partial charge in [0.25, 0.3) is 15.7 Å². The summed E-state index contributed by atoms with van der Waals surface area (Å²) in [5, 5.41) is 5.10. The maximum Gasteiger partial charge on any atom is 0.501 e. The van der Waals surface area contributed by atoms with E-state index in [0.717, 1.165) is 12.1 Å². The summed E-state index contributed by atoms with van der Waals surface area (Å²) < 4.78 is 83.6. The zero-order chi connectivity index (χ0) is 22.2. The lowest BCUT2D eigenvalue weighted by Gasteiger charge is -2.26. The van der Waals surface area contributed by atoms with Crippen molar-refractivity contribution in [3.8, 4) is 0 Å². The van der Waals surface area contributed by atoms with Crippen LogP contribution in [0.15, 0.2) is 58.3 Å². The van der Waals surface area contributed by atoms with Crippen LogP contribution >= 0.6 is 0 Å². The Morgan fingerprint density at radius 2 is 1.55 bits per heavy atom. The summed E-state index contributed by atoms with van der Waals surface area (Å²) in [6.07, 6.45) is 0. The third-order valence-corrected chi connectivity index (χ3v) is 6.70. The van der Waals surface area contributed by atoms with E-state index in [9.17, 15) is 34.8 Å². The summed E-state index contributed by atoms with van der Waals surface area (Å²) in [4.78, 5) is 12.7. The highest BCUT2D eigenvalue weighted by Gasteiger charge is 2.46. The second kappa shape index (κ2) is 7.76. The number of carbonyl (C=O) groups is 1. The van der Waals surface area contributed by atoms with Crippen molar-refractivity contribution in [3.05, 3.63) is 59.7 Å². The van der Waals surface area contributed by atoms with Gasteiger partial charge in [-0.2, -0.15) is 13.2 Å². The molecule has 0 saturated carbocycles. The SMILES string of the molecule is CC(c1cccc(S(N)(=O)=O)c1)N(C)C(=O)c1ccc(S(=O)(=O)C(F)(F)F)cc1. The molecule has 0 radical (unpaired) electrons. The van der Waals surface area contributed by atoms with Crippen LogP contribution in [0.4, 0.5) is 13.2 Å². The van der Waals surface area contributed by atoms with Crippen LogP contribution in [0.3, 0.4) is 0 Å². The molecule has 0 aromatic heterocycles. The number of nitrogens with zero attached hydrogens (tertiary/aromatic N) is 1. The molecule has 1 amide bonds. The number of alkyl halides is 3. The molecular formula is C17H17F3N2O5S2. The minimum absolute atomic E-state index is 0.0388. The third kappa shape index (κ3) is 4.77. The summed E-state index contributed by atoms with van der Waals surface area (Å²) >= 11 is 0. The highest BCUT2D eigenvalue weighted by molar-refractivity contribution is 7.92. The van der Waals surface area contributed by atoms with Crippen LogP contribution in [0.5, 0.6) is 0 Å². The van der Waals surface area contributed by atoms with Crippen molar-refractivity contribution >= 4 is 25.8 Å². The van der Waals surface area contributed by atoms with E-state index in [4.69, 9.17) is 5.14 Å². The van der Waals surface area contributed by atoms with Crippen LogP contribution < -0.4 is 5.14 Å². The fraction of sp³-hybridized carbons (Fsp3) is 0.235. The first-order chi connectivity index (χ1) is 13.2. The van der Waals surface area contributed by atoms with Gasteiger partial charge in [-0.25, -0.2) is 22.0 Å². The molecule has 0 spiro atoms. The van der Waals surface area contributed by atoms with Crippen molar-refractivity contribution in [1.29, 1.82) is 0 Å². The zero-order valence-corrected chi connectivity index (χ0v) is 16.8. The van der Waals surface area contributed by atoms with Crippen molar-refractivity contribution in [2.45, 2.75) is 28.3 Å². The van der Waals surface area contributed by atoms with Crippen LogP contribution in [0.1, 0.15) is 28.9 Å². The molecule has 0 fully saturated rings. The quantitative estimate of drug-likeness (QED) is 0.752. The number of sulfonamides is 1. The number of benzene rings is 2. The van der Waals surface area contributed by atoms with E-state index in [1.54, 1.807) is 13.0 Å². The van der Waals surface area contributed by atoms with Gasteiger partial charge in [-0.05, 0) is 48.9 Å². The van der Waals surface area contributed by atoms with Crippen LogP contribution in [-0.4, -0.2) is 40.2 Å². The van der Waals surface area contributed by atoms with Gasteiger partial charge in [-0.3, -0.25) is 4.79 Å². The maximum atomic E-state index is 12.6. The van der Waals surface area contributed by atoms with E-state index in [2.05, 4.69) is 0 Å². The van der Waals surface area contributed by atoms with E-state index in [1.807, 2.05) is 0 Å². The molecule has 1 unspecified atom stereocenters. The lowest BCUT2D eigenvalue weighted by molar-refractivity contribution is -0.0436. The normalized spacial score (nSPS) is 13.7. The standard InChI is InChI=1S/C17H17F3N2O5S2/c1-11(13-4-3-5-15(10-13)29(21,26)27)22(2)16(23)12-6-8-14(9-7-12)28(24,25)17(18,19)20/h3-11H,1-2H3,(H2,21,26,27). The van der Waals surface area contributed by atoms with Gasteiger partial charge < -0.3 is 4.90 Å². The largest absolute Gasteiger partial charge is 0.501 e. The second-order valence-corrected chi connectivity index (χ2v) is 9.69. The molecule has 0 aliphatic carbocycles. The first-order valence-corrected chi connectivity index (χ1v) is 11.0. The highest BCUT2D eigenvalue weighted by Crippen LogP contribution is 2.30. The van der Waals surface area contributed by atoms with E-state index in [1.165, 1.54) is 30.1 Å². The molecule has 2 N–H and O–H groups in total. The Balaban J connectivity index is 2.29. The van der Waals surface area contributed by atoms with E-state index in [0.29, 0.717) is 17.7 Å². The highest BCUT2D eigenvalue weighted by atomic mass is 32.2. The third-order valence-electron chi connectivity index (χ3n) is 4.29. The van der Waals surface area contributed by atoms with Crippen LogP contribution in [0.2, 0.25) is 0 Å². The molecular weight excluding hydrogens is 433 g/mol. The van der Waals surface area contributed by atoms with E-state index < -0.39 is 42.2 Å². The van der Waals surface area contributed by atoms with Crippen molar-refractivity contribution in [2.75, 3.05) is 7.05 Å². The van der Waals surface area contributed by atoms with Crippen LogP contribution in [0.25, 0.3) is 0 Å². The molecule has 0 heterocycles. The zero-order valence-electron chi connectivity index (χ0n) is 15.2. The Morgan fingerprint density at radius 1 is 1.00 bits per heavy atom. The summed E-state index contributed by atoms with van der Waals surface area (Å²) in [6.45, 7) is 1.61. The van der Waals surface area contributed by atoms with Gasteiger partial charge >= 0.3 is 5.51 Å². The molecule has 1 atom stereocenters. The van der Waals surface area contributed by atoms with Crippen LogP contribution in [0, 0.1) is 0 Å². The molecule has 12 heteroatoms. The lowest BCUT2D eigenvalue weighted by atomic mass is 10.1. The molecule has 7 nitrogen and oxygen atoms in total. The summed E-state index contributed by atoms with van der Waals surface area (Å²) in [7, 11) is -8.04.